The number of alkyl halides is 1. The van der Waals surface area contributed by atoms with Gasteiger partial charge in [-0.2, -0.15) is 0 Å². The van der Waals surface area contributed by atoms with Crippen LogP contribution in [0.4, 0.5) is 4.39 Å². The van der Waals surface area contributed by atoms with Gasteiger partial charge in [-0.25, -0.2) is 9.37 Å². The van der Waals surface area contributed by atoms with Crippen LogP contribution in [0.25, 0.3) is 11.3 Å². The summed E-state index contributed by atoms with van der Waals surface area (Å²) in [6.45, 7) is 8.54. The summed E-state index contributed by atoms with van der Waals surface area (Å²) in [6, 6.07) is 9.37. The Morgan fingerprint density at radius 1 is 1.24 bits per heavy atom. The zero-order valence-electron chi connectivity index (χ0n) is 15.2. The molecule has 2 aromatic rings. The lowest BCUT2D eigenvalue weighted by molar-refractivity contribution is -0.180. The van der Waals surface area contributed by atoms with E-state index in [9.17, 15) is 4.57 Å². The number of hydrogen-bond acceptors (Lipinski definition) is 4. The van der Waals surface area contributed by atoms with Crippen molar-refractivity contribution in [3.8, 4) is 17.0 Å². The molecule has 0 bridgehead atoms. The van der Waals surface area contributed by atoms with Gasteiger partial charge in [0.05, 0.1) is 18.0 Å². The molecule has 1 aromatic carbocycles. The maximum atomic E-state index is 15.3. The summed E-state index contributed by atoms with van der Waals surface area (Å²) >= 11 is 0. The summed E-state index contributed by atoms with van der Waals surface area (Å²) in [5.41, 5.74) is 2.87. The first kappa shape index (κ1) is 18.1. The van der Waals surface area contributed by atoms with E-state index in [2.05, 4.69) is 4.98 Å². The van der Waals surface area contributed by atoms with Crippen LogP contribution in [-0.2, 0) is 15.9 Å². The van der Waals surface area contributed by atoms with Gasteiger partial charge in [0.1, 0.15) is 12.9 Å². The molecular weight excluding hydrogens is 340 g/mol. The molecule has 0 spiro atoms. The molecule has 1 aliphatic heterocycles. The smallest absolute Gasteiger partial charge is 0.205 e. The van der Waals surface area contributed by atoms with E-state index in [-0.39, 0.29) is 6.61 Å². The minimum absolute atomic E-state index is 0.196. The van der Waals surface area contributed by atoms with E-state index in [1.54, 1.807) is 13.8 Å². The summed E-state index contributed by atoms with van der Waals surface area (Å²) in [5.74, 6) is -1.90. The molecule has 3 rings (SSSR count). The third-order valence-corrected chi connectivity index (χ3v) is 5.56. The van der Waals surface area contributed by atoms with Gasteiger partial charge in [-0.15, -0.1) is 0 Å². The monoisotopic (exact) mass is 363 g/mol. The molecule has 0 N–H and O–H groups in total. The van der Waals surface area contributed by atoms with E-state index >= 15 is 4.39 Å². The molecule has 25 heavy (non-hydrogen) atoms. The van der Waals surface area contributed by atoms with Gasteiger partial charge in [0.25, 0.3) is 0 Å². The van der Waals surface area contributed by atoms with Gasteiger partial charge in [-0.05, 0) is 20.3 Å². The molecule has 1 aromatic heterocycles. The van der Waals surface area contributed by atoms with Gasteiger partial charge in [-0.3, -0.25) is 0 Å². The van der Waals surface area contributed by atoms with Gasteiger partial charge in [0, 0.05) is 30.5 Å². The molecule has 0 fully saturated rings. The first-order valence-electron chi connectivity index (χ1n) is 8.20. The second-order valence-corrected chi connectivity index (χ2v) is 10.5. The topological polar surface area (TPSA) is 48.4 Å². The Hall–Kier alpha value is -1.71. The first-order chi connectivity index (χ1) is 11.6. The normalized spacial score (nSPS) is 17.5. The number of ether oxygens (including phenoxy) is 2. The average molecular weight is 363 g/mol. The number of pyridine rings is 1. The third kappa shape index (κ3) is 3.49. The van der Waals surface area contributed by atoms with Crippen molar-refractivity contribution >= 4 is 7.14 Å². The Morgan fingerprint density at radius 3 is 2.48 bits per heavy atom. The standard InChI is InChI=1S/C19H23FNO3P/c1-12-17-14(11-23-19(2,3)24-17)15(18(20)25(4,5)22)16(21-12)13-9-7-6-8-10-13/h6-10,18H,11H2,1-5H3. The van der Waals surface area contributed by atoms with Crippen LogP contribution in [0.3, 0.4) is 0 Å². The van der Waals surface area contributed by atoms with Crippen LogP contribution >= 0.6 is 7.14 Å². The summed E-state index contributed by atoms with van der Waals surface area (Å²) in [7, 11) is -3.04. The van der Waals surface area contributed by atoms with Crippen molar-refractivity contribution < 1.29 is 18.4 Å². The highest BCUT2D eigenvalue weighted by Crippen LogP contribution is 2.57. The molecule has 4 nitrogen and oxygen atoms in total. The Balaban J connectivity index is 2.30. The molecule has 6 heteroatoms. The minimum Gasteiger partial charge on any atom is -0.461 e. The predicted molar refractivity (Wildman–Crippen MR) is 97.2 cm³/mol. The van der Waals surface area contributed by atoms with Crippen LogP contribution in [0.2, 0.25) is 0 Å². The van der Waals surface area contributed by atoms with Crippen LogP contribution in [0, 0.1) is 6.92 Å². The van der Waals surface area contributed by atoms with E-state index in [1.165, 1.54) is 13.3 Å². The molecule has 1 aliphatic rings. The number of fused-ring (bicyclic) bond motifs is 1. The van der Waals surface area contributed by atoms with Crippen molar-refractivity contribution in [1.29, 1.82) is 0 Å². The predicted octanol–water partition coefficient (Wildman–Crippen LogP) is 5.29. The van der Waals surface area contributed by atoms with Crippen molar-refractivity contribution in [2.24, 2.45) is 0 Å². The van der Waals surface area contributed by atoms with Crippen LogP contribution < -0.4 is 4.74 Å². The summed E-state index contributed by atoms with van der Waals surface area (Å²) in [4.78, 5) is 4.62. The maximum Gasteiger partial charge on any atom is 0.205 e. The van der Waals surface area contributed by atoms with Crippen molar-refractivity contribution in [2.45, 2.75) is 39.1 Å². The van der Waals surface area contributed by atoms with Gasteiger partial charge in [-0.1, -0.05) is 30.3 Å². The summed E-state index contributed by atoms with van der Waals surface area (Å²) in [5, 5.41) is 0. The number of aryl methyl sites for hydroxylation is 1. The Morgan fingerprint density at radius 2 is 1.88 bits per heavy atom. The lowest BCUT2D eigenvalue weighted by Gasteiger charge is -2.35. The molecule has 1 unspecified atom stereocenters. The van der Waals surface area contributed by atoms with Gasteiger partial charge >= 0.3 is 0 Å². The molecule has 0 radical (unpaired) electrons. The SMILES string of the molecule is Cc1nc(-c2ccccc2)c(C(F)P(C)(C)=O)c2c1OC(C)(C)OC2. The fourth-order valence-corrected chi connectivity index (χ4v) is 3.85. The second kappa shape index (κ2) is 6.22. The summed E-state index contributed by atoms with van der Waals surface area (Å²) < 4.78 is 39.4. The van der Waals surface area contributed by atoms with Crippen LogP contribution in [-0.4, -0.2) is 24.1 Å². The molecule has 0 aliphatic carbocycles. The largest absolute Gasteiger partial charge is 0.461 e. The van der Waals surface area contributed by atoms with E-state index in [0.717, 1.165) is 5.56 Å². The Bertz CT molecular complexity index is 845. The van der Waals surface area contributed by atoms with Gasteiger partial charge < -0.3 is 14.0 Å². The third-order valence-electron chi connectivity index (χ3n) is 4.21. The van der Waals surface area contributed by atoms with E-state index in [0.29, 0.717) is 28.3 Å². The lowest BCUT2D eigenvalue weighted by Crippen LogP contribution is -2.36. The van der Waals surface area contributed by atoms with Crippen LogP contribution in [0.15, 0.2) is 30.3 Å². The number of rotatable bonds is 3. The minimum atomic E-state index is -3.04. The molecule has 0 saturated heterocycles. The first-order valence-corrected chi connectivity index (χ1v) is 10.9. The number of aromatic nitrogens is 1. The molecule has 0 saturated carbocycles. The number of nitrogens with zero attached hydrogens (tertiary/aromatic N) is 1. The number of benzene rings is 1. The highest BCUT2D eigenvalue weighted by Gasteiger charge is 2.37. The second-order valence-electron chi connectivity index (χ2n) is 7.19. The van der Waals surface area contributed by atoms with Crippen LogP contribution in [0.5, 0.6) is 5.75 Å². The lowest BCUT2D eigenvalue weighted by atomic mass is 9.99. The molecule has 2 heterocycles. The van der Waals surface area contributed by atoms with Crippen molar-refractivity contribution in [3.63, 3.8) is 0 Å². The highest BCUT2D eigenvalue weighted by molar-refractivity contribution is 7.62. The summed E-state index contributed by atoms with van der Waals surface area (Å²) in [6.07, 6.45) is 0. The quantitative estimate of drug-likeness (QED) is 0.695. The van der Waals surface area contributed by atoms with Crippen LogP contribution in [0.1, 0.15) is 36.6 Å². The van der Waals surface area contributed by atoms with Gasteiger partial charge in [0.15, 0.2) is 5.91 Å². The molecule has 0 amide bonds. The highest BCUT2D eigenvalue weighted by atomic mass is 31.2. The average Bonchev–Trinajstić information content (AvgIpc) is 2.54. The van der Waals surface area contributed by atoms with Gasteiger partial charge in [0.2, 0.25) is 5.79 Å². The zero-order chi connectivity index (χ0) is 18.4. The molecule has 134 valence electrons. The van der Waals surface area contributed by atoms with Crippen molar-refractivity contribution in [3.05, 3.63) is 47.2 Å². The Labute approximate surface area is 147 Å². The molecular formula is C19H23FNO3P. The van der Waals surface area contributed by atoms with E-state index in [4.69, 9.17) is 9.47 Å². The van der Waals surface area contributed by atoms with E-state index in [1.807, 2.05) is 37.3 Å². The molecule has 1 atom stereocenters. The van der Waals surface area contributed by atoms with E-state index < -0.39 is 18.8 Å². The fourth-order valence-electron chi connectivity index (χ4n) is 2.95. The zero-order valence-corrected chi connectivity index (χ0v) is 16.1. The maximum absolute atomic E-state index is 15.3. The fraction of sp³-hybridized carbons (Fsp3) is 0.421. The number of hydrogen-bond donors (Lipinski definition) is 0. The van der Waals surface area contributed by atoms with Crippen molar-refractivity contribution in [1.82, 2.24) is 4.98 Å². The Kier molecular flexibility index (Phi) is 4.50. The van der Waals surface area contributed by atoms with Crippen molar-refractivity contribution in [2.75, 3.05) is 13.3 Å². The number of halogens is 1.